The van der Waals surface area contributed by atoms with Crippen LogP contribution < -0.4 is 0 Å². The second-order valence-electron chi connectivity index (χ2n) is 3.09. The molecule has 3 heteroatoms. The van der Waals surface area contributed by atoms with Gasteiger partial charge in [-0.2, -0.15) is 0 Å². The van der Waals surface area contributed by atoms with Crippen LogP contribution in [0.25, 0.3) is 0 Å². The van der Waals surface area contributed by atoms with E-state index in [4.69, 9.17) is 0 Å². The molecule has 2 rings (SSSR count). The fourth-order valence-electron chi connectivity index (χ4n) is 1.54. The molecular formula is C11H14I2Zr. The maximum absolute atomic E-state index is 2.24. The van der Waals surface area contributed by atoms with E-state index in [0.717, 1.165) is 12.8 Å². The smallest absolute Gasteiger partial charge is 0 e. The van der Waals surface area contributed by atoms with Crippen molar-refractivity contribution >= 4 is 48.0 Å². The monoisotopic (exact) mass is 490 g/mol. The summed E-state index contributed by atoms with van der Waals surface area (Å²) >= 11 is 0. The average Bonchev–Trinajstić information content (AvgIpc) is 2.60. The van der Waals surface area contributed by atoms with Gasteiger partial charge in [0.1, 0.15) is 0 Å². The average molecular weight is 491 g/mol. The Hall–Kier alpha value is 1.30. The Morgan fingerprint density at radius 2 is 1.29 bits per heavy atom. The summed E-state index contributed by atoms with van der Waals surface area (Å²) in [5.74, 6) is 0. The molecule has 2 aliphatic carbocycles. The first kappa shape index (κ1) is 17.7. The Bertz CT molecular complexity index is 247. The third-order valence-corrected chi connectivity index (χ3v) is 2.15. The van der Waals surface area contributed by atoms with E-state index < -0.39 is 0 Å². The Kier molecular flexibility index (Phi) is 12.0. The largest absolute Gasteiger partial charge is 0.107 e. The van der Waals surface area contributed by atoms with Crippen molar-refractivity contribution in [3.63, 3.8) is 0 Å². The fraction of sp³-hybridized carbons (Fsp3) is 0.273. The third-order valence-electron chi connectivity index (χ3n) is 2.15. The summed E-state index contributed by atoms with van der Waals surface area (Å²) in [6.07, 6.45) is 16.7. The topological polar surface area (TPSA) is 0 Å². The van der Waals surface area contributed by atoms with E-state index in [1.165, 1.54) is 6.42 Å². The van der Waals surface area contributed by atoms with E-state index in [0.29, 0.717) is 0 Å². The molecule has 0 aromatic heterocycles. The van der Waals surface area contributed by atoms with Crippen LogP contribution in [0.3, 0.4) is 0 Å². The summed E-state index contributed by atoms with van der Waals surface area (Å²) in [6.45, 7) is 0. The molecule has 0 aromatic carbocycles. The van der Waals surface area contributed by atoms with E-state index in [1.807, 2.05) is 0 Å². The third kappa shape index (κ3) is 5.40. The summed E-state index contributed by atoms with van der Waals surface area (Å²) in [7, 11) is 0. The predicted octanol–water partition coefficient (Wildman–Crippen LogP) is 4.38. The van der Waals surface area contributed by atoms with Crippen LogP contribution in [0.15, 0.2) is 47.6 Å². The van der Waals surface area contributed by atoms with Crippen molar-refractivity contribution in [2.75, 3.05) is 0 Å². The minimum atomic E-state index is 0. The number of allylic oxidation sites excluding steroid dienone is 8. The van der Waals surface area contributed by atoms with Gasteiger partial charge in [-0.3, -0.25) is 0 Å². The minimum Gasteiger partial charge on any atom is -0.107 e. The summed E-state index contributed by atoms with van der Waals surface area (Å²) < 4.78 is 0. The van der Waals surface area contributed by atoms with Crippen molar-refractivity contribution in [1.82, 2.24) is 0 Å². The zero-order chi connectivity index (χ0) is 7.52. The van der Waals surface area contributed by atoms with Crippen LogP contribution in [-0.2, 0) is 26.2 Å². The van der Waals surface area contributed by atoms with Gasteiger partial charge >= 0.3 is 0 Å². The molecule has 0 saturated heterocycles. The van der Waals surface area contributed by atoms with Crippen molar-refractivity contribution in [2.24, 2.45) is 0 Å². The van der Waals surface area contributed by atoms with E-state index in [-0.39, 0.29) is 74.2 Å². The predicted molar refractivity (Wildman–Crippen MR) is 79.1 cm³/mol. The zero-order valence-corrected chi connectivity index (χ0v) is 15.0. The molecule has 0 fully saturated rings. The van der Waals surface area contributed by atoms with Crippen molar-refractivity contribution in [3.05, 3.63) is 47.6 Å². The second kappa shape index (κ2) is 9.52. The van der Waals surface area contributed by atoms with Gasteiger partial charge in [0.05, 0.1) is 0 Å². The summed E-state index contributed by atoms with van der Waals surface area (Å²) in [5.41, 5.74) is 3.11. The van der Waals surface area contributed by atoms with Gasteiger partial charge in [0, 0.05) is 26.2 Å². The van der Waals surface area contributed by atoms with Crippen molar-refractivity contribution in [3.8, 4) is 0 Å². The van der Waals surface area contributed by atoms with Crippen LogP contribution >= 0.6 is 48.0 Å². The number of hydrogen-bond acceptors (Lipinski definition) is 0. The molecule has 0 aliphatic heterocycles. The summed E-state index contributed by atoms with van der Waals surface area (Å²) in [5, 5.41) is 0. The molecule has 0 saturated carbocycles. The van der Waals surface area contributed by atoms with Gasteiger partial charge in [0.25, 0.3) is 0 Å². The van der Waals surface area contributed by atoms with Crippen molar-refractivity contribution < 1.29 is 26.2 Å². The van der Waals surface area contributed by atoms with Gasteiger partial charge in [-0.25, -0.2) is 0 Å². The van der Waals surface area contributed by atoms with Gasteiger partial charge in [0.2, 0.25) is 0 Å². The molecule has 0 amide bonds. The minimum absolute atomic E-state index is 0. The molecule has 0 heterocycles. The van der Waals surface area contributed by atoms with E-state index >= 15 is 0 Å². The molecule has 0 radical (unpaired) electrons. The second-order valence-corrected chi connectivity index (χ2v) is 3.09. The van der Waals surface area contributed by atoms with Crippen LogP contribution in [0, 0.1) is 0 Å². The molecule has 0 spiro atoms. The standard InChI is InChI=1S/C11H12.2HI.Zr/c1-2-6-10(5-1)9-11-7-3-4-8-11;;;/h1-5,7H,6,8-9H2;2*1H;. The summed E-state index contributed by atoms with van der Waals surface area (Å²) in [6, 6.07) is 0. The molecule has 76 valence electrons. The number of halogens is 2. The molecule has 2 aliphatic rings. The fourth-order valence-corrected chi connectivity index (χ4v) is 1.54. The first-order valence-electron chi connectivity index (χ1n) is 4.14. The van der Waals surface area contributed by atoms with Crippen LogP contribution in [0.4, 0.5) is 0 Å². The molecule has 0 unspecified atom stereocenters. The van der Waals surface area contributed by atoms with E-state index in [1.54, 1.807) is 11.1 Å². The SMILES string of the molecule is C1=CCC(CC2=CC=CC2)=C1.I.I.[Zr]. The molecule has 0 aromatic rings. The van der Waals surface area contributed by atoms with Crippen LogP contribution in [-0.4, -0.2) is 0 Å². The molecule has 14 heavy (non-hydrogen) atoms. The molecular weight excluding hydrogens is 477 g/mol. The van der Waals surface area contributed by atoms with Gasteiger partial charge in [-0.15, -0.1) is 48.0 Å². The molecule has 0 N–H and O–H groups in total. The zero-order valence-electron chi connectivity index (χ0n) is 7.90. The van der Waals surface area contributed by atoms with E-state index in [9.17, 15) is 0 Å². The maximum Gasteiger partial charge on any atom is 0 e. The maximum atomic E-state index is 2.24. The van der Waals surface area contributed by atoms with Gasteiger partial charge < -0.3 is 0 Å². The first-order valence-corrected chi connectivity index (χ1v) is 4.14. The van der Waals surface area contributed by atoms with Crippen molar-refractivity contribution in [2.45, 2.75) is 19.3 Å². The first-order chi connectivity index (χ1) is 5.45. The molecule has 0 atom stereocenters. The Morgan fingerprint density at radius 1 is 0.857 bits per heavy atom. The van der Waals surface area contributed by atoms with Gasteiger partial charge in [-0.05, 0) is 19.3 Å². The number of rotatable bonds is 2. The molecule has 0 bridgehead atoms. The molecule has 0 nitrogen and oxygen atoms in total. The Labute approximate surface area is 139 Å². The van der Waals surface area contributed by atoms with Crippen LogP contribution in [0.5, 0.6) is 0 Å². The van der Waals surface area contributed by atoms with Crippen LogP contribution in [0.1, 0.15) is 19.3 Å². The normalized spacial score (nSPS) is 16.3. The van der Waals surface area contributed by atoms with Gasteiger partial charge in [-0.1, -0.05) is 47.6 Å². The Balaban J connectivity index is 0. The summed E-state index contributed by atoms with van der Waals surface area (Å²) in [4.78, 5) is 0. The van der Waals surface area contributed by atoms with E-state index in [2.05, 4.69) is 36.5 Å². The quantitative estimate of drug-likeness (QED) is 0.504. The van der Waals surface area contributed by atoms with Crippen LogP contribution in [0.2, 0.25) is 0 Å². The van der Waals surface area contributed by atoms with Crippen molar-refractivity contribution in [1.29, 1.82) is 0 Å². The number of hydrogen-bond donors (Lipinski definition) is 0. The Morgan fingerprint density at radius 3 is 1.57 bits per heavy atom. The van der Waals surface area contributed by atoms with Gasteiger partial charge in [0.15, 0.2) is 0 Å².